The topological polar surface area (TPSA) is 26.0 Å². The summed E-state index contributed by atoms with van der Waals surface area (Å²) in [5.74, 6) is -0.191. The fourth-order valence-corrected chi connectivity index (χ4v) is 2.08. The lowest BCUT2D eigenvalue weighted by Crippen LogP contribution is -2.12. The summed E-state index contributed by atoms with van der Waals surface area (Å²) in [7, 11) is 0. The van der Waals surface area contributed by atoms with Gasteiger partial charge in [-0.25, -0.2) is 4.39 Å². The van der Waals surface area contributed by atoms with Gasteiger partial charge < -0.3 is 5.73 Å². The number of hydrogen-bond donors (Lipinski definition) is 1. The van der Waals surface area contributed by atoms with Gasteiger partial charge in [-0.15, -0.1) is 0 Å². The first-order valence-corrected chi connectivity index (χ1v) is 6.43. The number of nitrogens with two attached hydrogens (primary N) is 1. The van der Waals surface area contributed by atoms with Gasteiger partial charge in [0.2, 0.25) is 0 Å². The molecule has 2 aromatic rings. The Morgan fingerprint density at radius 1 is 1.06 bits per heavy atom. The molecule has 88 valence electrons. The van der Waals surface area contributed by atoms with Gasteiger partial charge in [-0.05, 0) is 64.4 Å². The van der Waals surface area contributed by atoms with Gasteiger partial charge in [0.15, 0.2) is 0 Å². The van der Waals surface area contributed by atoms with Crippen LogP contribution in [-0.4, -0.2) is 0 Å². The summed E-state index contributed by atoms with van der Waals surface area (Å²) in [5.41, 5.74) is 8.76. The van der Waals surface area contributed by atoms with E-state index in [-0.39, 0.29) is 11.9 Å². The van der Waals surface area contributed by atoms with E-state index in [1.54, 1.807) is 19.1 Å². The van der Waals surface area contributed by atoms with E-state index in [2.05, 4.69) is 22.6 Å². The number of benzene rings is 2. The summed E-state index contributed by atoms with van der Waals surface area (Å²) in [6.45, 7) is 1.75. The highest BCUT2D eigenvalue weighted by Gasteiger charge is 2.10. The van der Waals surface area contributed by atoms with Gasteiger partial charge in [0.1, 0.15) is 5.82 Å². The third-order valence-corrected chi connectivity index (χ3v) is 3.49. The van der Waals surface area contributed by atoms with Crippen molar-refractivity contribution < 1.29 is 4.39 Å². The fourth-order valence-electron chi connectivity index (χ4n) is 1.72. The molecule has 0 heterocycles. The van der Waals surface area contributed by atoms with Crippen LogP contribution in [0.25, 0.3) is 0 Å². The second-order valence-electron chi connectivity index (χ2n) is 4.04. The van der Waals surface area contributed by atoms with Crippen molar-refractivity contribution in [3.8, 4) is 0 Å². The van der Waals surface area contributed by atoms with Gasteiger partial charge in [0, 0.05) is 3.57 Å². The maximum Gasteiger partial charge on any atom is 0.126 e. The summed E-state index contributed by atoms with van der Waals surface area (Å²) in [6, 6.07) is 12.9. The summed E-state index contributed by atoms with van der Waals surface area (Å²) >= 11 is 2.25. The summed E-state index contributed by atoms with van der Waals surface area (Å²) < 4.78 is 14.4. The lowest BCUT2D eigenvalue weighted by atomic mass is 9.98. The van der Waals surface area contributed by atoms with Crippen LogP contribution in [0.3, 0.4) is 0 Å². The second-order valence-corrected chi connectivity index (χ2v) is 5.28. The molecule has 1 nitrogen and oxygen atoms in total. The molecule has 0 aliphatic carbocycles. The van der Waals surface area contributed by atoms with Crippen LogP contribution in [0.4, 0.5) is 4.39 Å². The lowest BCUT2D eigenvalue weighted by molar-refractivity contribution is 0.617. The van der Waals surface area contributed by atoms with E-state index >= 15 is 0 Å². The van der Waals surface area contributed by atoms with Crippen molar-refractivity contribution in [3.63, 3.8) is 0 Å². The minimum absolute atomic E-state index is 0.191. The molecule has 0 aromatic heterocycles. The Bertz CT molecular complexity index is 522. The molecule has 2 aromatic carbocycles. The van der Waals surface area contributed by atoms with E-state index in [4.69, 9.17) is 5.73 Å². The lowest BCUT2D eigenvalue weighted by Gasteiger charge is -2.13. The number of rotatable bonds is 2. The Hall–Kier alpha value is -0.940. The zero-order chi connectivity index (χ0) is 12.4. The van der Waals surface area contributed by atoms with Crippen LogP contribution in [0.15, 0.2) is 42.5 Å². The van der Waals surface area contributed by atoms with Gasteiger partial charge in [-0.3, -0.25) is 0 Å². The molecule has 0 saturated heterocycles. The number of aryl methyl sites for hydroxylation is 1. The maximum absolute atomic E-state index is 13.2. The SMILES string of the molecule is Cc1cc(C(N)c2ccc(I)cc2)ccc1F. The molecular weight excluding hydrogens is 328 g/mol. The van der Waals surface area contributed by atoms with Gasteiger partial charge in [-0.1, -0.05) is 24.3 Å². The van der Waals surface area contributed by atoms with Crippen molar-refractivity contribution in [1.29, 1.82) is 0 Å². The molecule has 0 aliphatic heterocycles. The van der Waals surface area contributed by atoms with Crippen molar-refractivity contribution >= 4 is 22.6 Å². The Morgan fingerprint density at radius 2 is 1.65 bits per heavy atom. The molecule has 1 atom stereocenters. The Labute approximate surface area is 114 Å². The molecule has 0 bridgehead atoms. The van der Waals surface area contributed by atoms with Crippen molar-refractivity contribution in [2.75, 3.05) is 0 Å². The van der Waals surface area contributed by atoms with E-state index in [1.807, 2.05) is 24.3 Å². The van der Waals surface area contributed by atoms with Crippen molar-refractivity contribution in [1.82, 2.24) is 0 Å². The van der Waals surface area contributed by atoms with Crippen LogP contribution in [0, 0.1) is 16.3 Å². The van der Waals surface area contributed by atoms with Crippen LogP contribution in [0.2, 0.25) is 0 Å². The minimum atomic E-state index is -0.203. The molecule has 0 aliphatic rings. The van der Waals surface area contributed by atoms with Crippen molar-refractivity contribution in [3.05, 3.63) is 68.5 Å². The molecule has 0 saturated carbocycles. The third kappa shape index (κ3) is 2.84. The van der Waals surface area contributed by atoms with Crippen LogP contribution in [-0.2, 0) is 0 Å². The van der Waals surface area contributed by atoms with Crippen LogP contribution >= 0.6 is 22.6 Å². The molecule has 1 unspecified atom stereocenters. The van der Waals surface area contributed by atoms with Crippen LogP contribution in [0.1, 0.15) is 22.7 Å². The summed E-state index contributed by atoms with van der Waals surface area (Å²) in [4.78, 5) is 0. The monoisotopic (exact) mass is 341 g/mol. The van der Waals surface area contributed by atoms with E-state index in [1.165, 1.54) is 9.64 Å². The van der Waals surface area contributed by atoms with Gasteiger partial charge >= 0.3 is 0 Å². The Kier molecular flexibility index (Phi) is 3.79. The highest BCUT2D eigenvalue weighted by atomic mass is 127. The van der Waals surface area contributed by atoms with Crippen molar-refractivity contribution in [2.45, 2.75) is 13.0 Å². The molecular formula is C14H13FIN. The van der Waals surface area contributed by atoms with E-state index < -0.39 is 0 Å². The average molecular weight is 341 g/mol. The smallest absolute Gasteiger partial charge is 0.126 e. The minimum Gasteiger partial charge on any atom is -0.320 e. The molecule has 17 heavy (non-hydrogen) atoms. The first-order chi connectivity index (χ1) is 8.08. The van der Waals surface area contributed by atoms with E-state index in [0.29, 0.717) is 5.56 Å². The molecule has 0 spiro atoms. The molecule has 0 radical (unpaired) electrons. The summed E-state index contributed by atoms with van der Waals surface area (Å²) in [5, 5.41) is 0. The van der Waals surface area contributed by atoms with Gasteiger partial charge in [0.05, 0.1) is 6.04 Å². The molecule has 0 fully saturated rings. The van der Waals surface area contributed by atoms with Crippen LogP contribution in [0.5, 0.6) is 0 Å². The average Bonchev–Trinajstić information content (AvgIpc) is 2.33. The highest BCUT2D eigenvalue weighted by Crippen LogP contribution is 2.22. The maximum atomic E-state index is 13.2. The van der Waals surface area contributed by atoms with E-state index in [9.17, 15) is 4.39 Å². The molecule has 2 rings (SSSR count). The quantitative estimate of drug-likeness (QED) is 0.827. The largest absolute Gasteiger partial charge is 0.320 e. The predicted octanol–water partition coefficient (Wildman–Crippen LogP) is 3.79. The zero-order valence-electron chi connectivity index (χ0n) is 9.45. The predicted molar refractivity (Wildman–Crippen MR) is 76.3 cm³/mol. The molecule has 2 N–H and O–H groups in total. The number of hydrogen-bond acceptors (Lipinski definition) is 1. The normalized spacial score (nSPS) is 12.5. The zero-order valence-corrected chi connectivity index (χ0v) is 11.6. The molecule has 3 heteroatoms. The third-order valence-electron chi connectivity index (χ3n) is 2.77. The Morgan fingerprint density at radius 3 is 2.24 bits per heavy atom. The Balaban J connectivity index is 2.33. The molecule has 0 amide bonds. The van der Waals surface area contributed by atoms with Crippen LogP contribution < -0.4 is 5.73 Å². The van der Waals surface area contributed by atoms with E-state index in [0.717, 1.165) is 11.1 Å². The first-order valence-electron chi connectivity index (χ1n) is 5.35. The fraction of sp³-hybridized carbons (Fsp3) is 0.143. The van der Waals surface area contributed by atoms with Gasteiger partial charge in [-0.2, -0.15) is 0 Å². The highest BCUT2D eigenvalue weighted by molar-refractivity contribution is 14.1. The standard InChI is InChI=1S/C14H13FIN/c1-9-8-11(4-7-13(9)15)14(17)10-2-5-12(16)6-3-10/h2-8,14H,17H2,1H3. The summed E-state index contributed by atoms with van der Waals surface area (Å²) in [6.07, 6.45) is 0. The first kappa shape index (κ1) is 12.5. The van der Waals surface area contributed by atoms with Crippen molar-refractivity contribution in [2.24, 2.45) is 5.73 Å². The second kappa shape index (κ2) is 5.14. The van der Waals surface area contributed by atoms with Gasteiger partial charge in [0.25, 0.3) is 0 Å². The number of halogens is 2.